The number of hydrogen-bond donors (Lipinski definition) is 1. The zero-order chi connectivity index (χ0) is 15.5. The highest BCUT2D eigenvalue weighted by Gasteiger charge is 2.40. The second kappa shape index (κ2) is 6.39. The molecule has 21 heavy (non-hydrogen) atoms. The third kappa shape index (κ3) is 3.00. The van der Waals surface area contributed by atoms with E-state index < -0.39 is 11.6 Å². The number of carbonyl (C=O) groups excluding carboxylic acids is 1. The van der Waals surface area contributed by atoms with Crippen molar-refractivity contribution in [2.75, 3.05) is 18.9 Å². The second-order valence-corrected chi connectivity index (χ2v) is 5.25. The lowest BCUT2D eigenvalue weighted by molar-refractivity contribution is -0.0457. The molecule has 1 aromatic heterocycles. The van der Waals surface area contributed by atoms with Gasteiger partial charge in [0.25, 0.3) is 0 Å². The molecule has 2 rings (SSSR count). The molecule has 2 N–H and O–H groups in total. The normalized spacial score (nSPS) is 16.9. The Morgan fingerprint density at radius 1 is 1.24 bits per heavy atom. The van der Waals surface area contributed by atoms with E-state index in [1.807, 2.05) is 6.92 Å². The van der Waals surface area contributed by atoms with Crippen molar-refractivity contribution < 1.29 is 14.3 Å². The largest absolute Gasteiger partial charge is 0.462 e. The minimum Gasteiger partial charge on any atom is -0.462 e. The molecule has 1 fully saturated rings. The lowest BCUT2D eigenvalue weighted by atomic mass is 10.0. The molecule has 0 aliphatic heterocycles. The Morgan fingerprint density at radius 3 is 2.43 bits per heavy atom. The number of nitrogens with zero attached hydrogens (tertiary/aromatic N) is 2. The van der Waals surface area contributed by atoms with E-state index in [1.165, 1.54) is 0 Å². The van der Waals surface area contributed by atoms with Crippen LogP contribution in [-0.4, -0.2) is 29.2 Å². The van der Waals surface area contributed by atoms with E-state index in [-0.39, 0.29) is 11.4 Å². The summed E-state index contributed by atoms with van der Waals surface area (Å²) in [6, 6.07) is 0. The van der Waals surface area contributed by atoms with Crippen LogP contribution in [0, 0.1) is 6.92 Å². The first-order chi connectivity index (χ1) is 10.0. The average molecular weight is 293 g/mol. The number of rotatable bonds is 5. The fourth-order valence-corrected chi connectivity index (χ4v) is 2.91. The van der Waals surface area contributed by atoms with Crippen molar-refractivity contribution in [3.63, 3.8) is 0 Å². The van der Waals surface area contributed by atoms with Gasteiger partial charge in [0, 0.05) is 6.61 Å². The number of aryl methyl sites for hydroxylation is 1. The molecular weight excluding hydrogens is 270 g/mol. The Morgan fingerprint density at radius 2 is 1.90 bits per heavy atom. The van der Waals surface area contributed by atoms with E-state index >= 15 is 0 Å². The standard InChI is InChI=1S/C15H23N3O3/c1-4-20-13(19)11-10(3)17-14(18-12(11)16)15(21-5-2)8-6-7-9-15/h4-9H2,1-3H3,(H2,16,17,18). The fraction of sp³-hybridized carbons (Fsp3) is 0.667. The van der Waals surface area contributed by atoms with Crippen LogP contribution in [0.2, 0.25) is 0 Å². The average Bonchev–Trinajstić information content (AvgIpc) is 2.88. The maximum Gasteiger partial charge on any atom is 0.343 e. The van der Waals surface area contributed by atoms with Crippen molar-refractivity contribution in [1.82, 2.24) is 9.97 Å². The van der Waals surface area contributed by atoms with Crippen LogP contribution in [0.25, 0.3) is 0 Å². The Balaban J connectivity index is 2.41. The Labute approximate surface area is 125 Å². The maximum atomic E-state index is 11.9. The smallest absolute Gasteiger partial charge is 0.343 e. The van der Waals surface area contributed by atoms with Gasteiger partial charge in [-0.15, -0.1) is 0 Å². The quantitative estimate of drug-likeness (QED) is 0.838. The summed E-state index contributed by atoms with van der Waals surface area (Å²) >= 11 is 0. The van der Waals surface area contributed by atoms with Gasteiger partial charge in [0.05, 0.1) is 12.3 Å². The zero-order valence-electron chi connectivity index (χ0n) is 12.9. The summed E-state index contributed by atoms with van der Waals surface area (Å²) < 4.78 is 10.9. The van der Waals surface area contributed by atoms with Gasteiger partial charge in [0.2, 0.25) is 0 Å². The van der Waals surface area contributed by atoms with Gasteiger partial charge in [-0.2, -0.15) is 0 Å². The molecule has 1 heterocycles. The number of anilines is 1. The molecule has 6 nitrogen and oxygen atoms in total. The highest BCUT2D eigenvalue weighted by molar-refractivity contribution is 5.95. The van der Waals surface area contributed by atoms with Crippen molar-refractivity contribution in [3.05, 3.63) is 17.1 Å². The summed E-state index contributed by atoms with van der Waals surface area (Å²) in [7, 11) is 0. The minimum atomic E-state index is -0.476. The molecule has 0 bridgehead atoms. The molecule has 0 amide bonds. The molecule has 0 spiro atoms. The topological polar surface area (TPSA) is 87.3 Å². The van der Waals surface area contributed by atoms with E-state index in [4.69, 9.17) is 15.2 Å². The molecule has 0 unspecified atom stereocenters. The molecular formula is C15H23N3O3. The summed E-state index contributed by atoms with van der Waals surface area (Å²) in [6.45, 7) is 6.36. The molecule has 116 valence electrons. The SMILES string of the molecule is CCOC(=O)c1c(C)nc(C2(OCC)CCCC2)nc1N. The molecule has 0 atom stereocenters. The van der Waals surface area contributed by atoms with E-state index in [2.05, 4.69) is 9.97 Å². The first-order valence-corrected chi connectivity index (χ1v) is 7.49. The number of hydrogen-bond acceptors (Lipinski definition) is 6. The third-order valence-corrected chi connectivity index (χ3v) is 3.84. The van der Waals surface area contributed by atoms with Crippen LogP contribution in [0.1, 0.15) is 61.4 Å². The highest BCUT2D eigenvalue weighted by atomic mass is 16.5. The summed E-state index contributed by atoms with van der Waals surface area (Å²) in [5.74, 6) is 0.280. The number of nitrogen functional groups attached to an aromatic ring is 1. The van der Waals surface area contributed by atoms with Crippen molar-refractivity contribution >= 4 is 11.8 Å². The van der Waals surface area contributed by atoms with Crippen LogP contribution in [0.4, 0.5) is 5.82 Å². The van der Waals surface area contributed by atoms with Crippen LogP contribution in [0.3, 0.4) is 0 Å². The fourth-order valence-electron chi connectivity index (χ4n) is 2.91. The van der Waals surface area contributed by atoms with Crippen LogP contribution in [-0.2, 0) is 15.1 Å². The van der Waals surface area contributed by atoms with Crippen molar-refractivity contribution in [3.8, 4) is 0 Å². The Hall–Kier alpha value is -1.69. The van der Waals surface area contributed by atoms with Gasteiger partial charge in [-0.25, -0.2) is 14.8 Å². The van der Waals surface area contributed by atoms with E-state index in [1.54, 1.807) is 13.8 Å². The molecule has 6 heteroatoms. The predicted molar refractivity (Wildman–Crippen MR) is 78.9 cm³/mol. The van der Waals surface area contributed by atoms with Gasteiger partial charge in [-0.1, -0.05) is 0 Å². The van der Waals surface area contributed by atoms with E-state index in [9.17, 15) is 4.79 Å². The first-order valence-electron chi connectivity index (χ1n) is 7.49. The van der Waals surface area contributed by atoms with Crippen molar-refractivity contribution in [1.29, 1.82) is 0 Å². The first kappa shape index (κ1) is 15.7. The maximum absolute atomic E-state index is 11.9. The van der Waals surface area contributed by atoms with Crippen molar-refractivity contribution in [2.45, 2.75) is 52.1 Å². The molecule has 1 aliphatic carbocycles. The molecule has 1 saturated carbocycles. The molecule has 0 saturated heterocycles. The van der Waals surface area contributed by atoms with Crippen LogP contribution in [0.5, 0.6) is 0 Å². The Kier molecular flexibility index (Phi) is 4.77. The van der Waals surface area contributed by atoms with Crippen molar-refractivity contribution in [2.24, 2.45) is 0 Å². The van der Waals surface area contributed by atoms with Crippen LogP contribution >= 0.6 is 0 Å². The summed E-state index contributed by atoms with van der Waals surface area (Å²) in [4.78, 5) is 20.8. The molecule has 0 radical (unpaired) electrons. The number of esters is 1. The number of nitrogens with two attached hydrogens (primary N) is 1. The minimum absolute atomic E-state index is 0.168. The monoisotopic (exact) mass is 293 g/mol. The van der Waals surface area contributed by atoms with Crippen LogP contribution < -0.4 is 5.73 Å². The summed E-state index contributed by atoms with van der Waals surface area (Å²) in [5, 5.41) is 0. The Bertz CT molecular complexity index is 502. The summed E-state index contributed by atoms with van der Waals surface area (Å²) in [6.07, 6.45) is 3.95. The zero-order valence-corrected chi connectivity index (χ0v) is 12.9. The van der Waals surface area contributed by atoms with Crippen LogP contribution in [0.15, 0.2) is 0 Å². The molecule has 1 aliphatic rings. The summed E-state index contributed by atoms with van der Waals surface area (Å²) in [5.41, 5.74) is 6.31. The molecule has 0 aromatic carbocycles. The van der Waals surface area contributed by atoms with Gasteiger partial charge in [-0.3, -0.25) is 0 Å². The van der Waals surface area contributed by atoms with Gasteiger partial charge < -0.3 is 15.2 Å². The molecule has 1 aromatic rings. The predicted octanol–water partition coefficient (Wildman–Crippen LogP) is 2.35. The van der Waals surface area contributed by atoms with Gasteiger partial charge in [0.1, 0.15) is 17.0 Å². The third-order valence-electron chi connectivity index (χ3n) is 3.84. The number of carbonyl (C=O) groups is 1. The highest BCUT2D eigenvalue weighted by Crippen LogP contribution is 2.41. The lowest BCUT2D eigenvalue weighted by Gasteiger charge is -2.28. The number of aromatic nitrogens is 2. The van der Waals surface area contributed by atoms with Gasteiger partial charge >= 0.3 is 5.97 Å². The van der Waals surface area contributed by atoms with E-state index in [0.29, 0.717) is 24.7 Å². The van der Waals surface area contributed by atoms with Gasteiger partial charge in [0.15, 0.2) is 5.82 Å². The van der Waals surface area contributed by atoms with Gasteiger partial charge in [-0.05, 0) is 46.5 Å². The second-order valence-electron chi connectivity index (χ2n) is 5.25. The number of ether oxygens (including phenoxy) is 2. The lowest BCUT2D eigenvalue weighted by Crippen LogP contribution is -2.30. The van der Waals surface area contributed by atoms with E-state index in [0.717, 1.165) is 25.7 Å².